The summed E-state index contributed by atoms with van der Waals surface area (Å²) in [6.07, 6.45) is 1.50. The van der Waals surface area contributed by atoms with Crippen LogP contribution in [0, 0.1) is 11.8 Å². The highest BCUT2D eigenvalue weighted by Gasteiger charge is 2.40. The second kappa shape index (κ2) is 8.34. The summed E-state index contributed by atoms with van der Waals surface area (Å²) in [7, 11) is 0. The van der Waals surface area contributed by atoms with E-state index in [0.717, 1.165) is 12.8 Å². The van der Waals surface area contributed by atoms with Gasteiger partial charge in [0.15, 0.2) is 12.2 Å². The first kappa shape index (κ1) is 17.9. The molecular formula is C15H26O6. The highest BCUT2D eigenvalue weighted by molar-refractivity contribution is 5.94. The van der Waals surface area contributed by atoms with Crippen molar-refractivity contribution < 1.29 is 28.9 Å². The van der Waals surface area contributed by atoms with E-state index in [1.54, 1.807) is 6.92 Å². The maximum absolute atomic E-state index is 11.9. The highest BCUT2D eigenvalue weighted by atomic mass is 16.7. The Balaban J connectivity index is 2.81. The molecule has 1 N–H and O–H groups in total. The molecule has 21 heavy (non-hydrogen) atoms. The van der Waals surface area contributed by atoms with Crippen molar-refractivity contribution in [2.45, 2.75) is 65.5 Å². The molecule has 1 rings (SSSR count). The van der Waals surface area contributed by atoms with E-state index in [-0.39, 0.29) is 18.6 Å². The molecule has 1 aliphatic rings. The van der Waals surface area contributed by atoms with Crippen LogP contribution in [0.4, 0.5) is 0 Å². The van der Waals surface area contributed by atoms with Crippen molar-refractivity contribution in [2.75, 3.05) is 6.61 Å². The second-order valence-corrected chi connectivity index (χ2v) is 5.72. The van der Waals surface area contributed by atoms with E-state index in [1.807, 2.05) is 20.8 Å². The number of carbonyl (C=O) groups excluding carboxylic acids is 1. The van der Waals surface area contributed by atoms with Crippen molar-refractivity contribution in [1.82, 2.24) is 0 Å². The van der Waals surface area contributed by atoms with Gasteiger partial charge in [-0.15, -0.1) is 0 Å². The van der Waals surface area contributed by atoms with Crippen LogP contribution in [-0.2, 0) is 23.8 Å². The summed E-state index contributed by atoms with van der Waals surface area (Å²) < 4.78 is 16.3. The maximum atomic E-state index is 11.9. The average molecular weight is 302 g/mol. The molecule has 6 nitrogen and oxygen atoms in total. The SMILES string of the molecule is CCOC(=O)C(C(=O)O)C(OC1CCCC(C)O1)C(C)C. The Morgan fingerprint density at radius 3 is 2.48 bits per heavy atom. The average Bonchev–Trinajstić information content (AvgIpc) is 2.37. The van der Waals surface area contributed by atoms with Crippen LogP contribution in [-0.4, -0.2) is 42.1 Å². The lowest BCUT2D eigenvalue weighted by Crippen LogP contribution is -2.44. The molecule has 0 spiro atoms. The molecule has 0 aromatic rings. The summed E-state index contributed by atoms with van der Waals surface area (Å²) in [5, 5.41) is 9.35. The zero-order valence-electron chi connectivity index (χ0n) is 13.2. The number of rotatable bonds is 7. The summed E-state index contributed by atoms with van der Waals surface area (Å²) >= 11 is 0. The number of carboxylic acid groups (broad SMARTS) is 1. The number of carboxylic acids is 1. The van der Waals surface area contributed by atoms with Gasteiger partial charge in [-0.1, -0.05) is 13.8 Å². The van der Waals surface area contributed by atoms with Crippen LogP contribution in [0.2, 0.25) is 0 Å². The molecule has 6 heteroatoms. The van der Waals surface area contributed by atoms with E-state index >= 15 is 0 Å². The molecule has 1 fully saturated rings. The van der Waals surface area contributed by atoms with Crippen molar-refractivity contribution in [3.05, 3.63) is 0 Å². The molecule has 0 bridgehead atoms. The zero-order valence-corrected chi connectivity index (χ0v) is 13.2. The van der Waals surface area contributed by atoms with E-state index in [0.29, 0.717) is 6.42 Å². The van der Waals surface area contributed by atoms with Gasteiger partial charge in [-0.25, -0.2) is 0 Å². The Labute approximate surface area is 125 Å². The Bertz CT molecular complexity index is 354. The Morgan fingerprint density at radius 1 is 1.33 bits per heavy atom. The van der Waals surface area contributed by atoms with Gasteiger partial charge in [-0.2, -0.15) is 0 Å². The third kappa shape index (κ3) is 5.28. The maximum Gasteiger partial charge on any atom is 0.323 e. The molecule has 0 radical (unpaired) electrons. The van der Waals surface area contributed by atoms with Crippen LogP contribution < -0.4 is 0 Å². The summed E-state index contributed by atoms with van der Waals surface area (Å²) in [6, 6.07) is 0. The fourth-order valence-electron chi connectivity index (χ4n) is 2.47. The first-order valence-corrected chi connectivity index (χ1v) is 7.57. The van der Waals surface area contributed by atoms with Crippen LogP contribution in [0.25, 0.3) is 0 Å². The third-order valence-corrected chi connectivity index (χ3v) is 3.54. The predicted molar refractivity (Wildman–Crippen MR) is 75.7 cm³/mol. The van der Waals surface area contributed by atoms with Gasteiger partial charge in [0.25, 0.3) is 0 Å². The van der Waals surface area contributed by atoms with Gasteiger partial charge in [0, 0.05) is 0 Å². The smallest absolute Gasteiger partial charge is 0.323 e. The van der Waals surface area contributed by atoms with Crippen LogP contribution in [0.1, 0.15) is 47.0 Å². The fraction of sp³-hybridized carbons (Fsp3) is 0.867. The zero-order chi connectivity index (χ0) is 16.0. The Hall–Kier alpha value is -1.14. The predicted octanol–water partition coefficient (Wildman–Crippen LogP) is 2.21. The minimum Gasteiger partial charge on any atom is -0.481 e. The number of ether oxygens (including phenoxy) is 3. The monoisotopic (exact) mass is 302 g/mol. The second-order valence-electron chi connectivity index (χ2n) is 5.72. The van der Waals surface area contributed by atoms with Gasteiger partial charge in [0.1, 0.15) is 0 Å². The number of hydrogen-bond acceptors (Lipinski definition) is 5. The molecule has 1 heterocycles. The van der Waals surface area contributed by atoms with Crippen molar-refractivity contribution in [3.63, 3.8) is 0 Å². The van der Waals surface area contributed by atoms with E-state index in [1.165, 1.54) is 0 Å². The number of carbonyl (C=O) groups is 2. The normalized spacial score (nSPS) is 25.4. The summed E-state index contributed by atoms with van der Waals surface area (Å²) in [4.78, 5) is 23.4. The first-order valence-electron chi connectivity index (χ1n) is 7.57. The highest BCUT2D eigenvalue weighted by Crippen LogP contribution is 2.26. The van der Waals surface area contributed by atoms with Crippen molar-refractivity contribution >= 4 is 11.9 Å². The van der Waals surface area contributed by atoms with Gasteiger partial charge >= 0.3 is 11.9 Å². The molecule has 0 aromatic carbocycles. The molecule has 0 saturated carbocycles. The summed E-state index contributed by atoms with van der Waals surface area (Å²) in [5.41, 5.74) is 0. The van der Waals surface area contributed by atoms with Crippen LogP contribution in [0.5, 0.6) is 0 Å². The summed E-state index contributed by atoms with van der Waals surface area (Å²) in [5.74, 6) is -3.45. The van der Waals surface area contributed by atoms with Gasteiger partial charge < -0.3 is 19.3 Å². The minimum absolute atomic E-state index is 0.0856. The first-order chi connectivity index (χ1) is 9.86. The van der Waals surface area contributed by atoms with Crippen LogP contribution in [0.15, 0.2) is 0 Å². The quantitative estimate of drug-likeness (QED) is 0.573. The molecule has 122 valence electrons. The van der Waals surface area contributed by atoms with Crippen LogP contribution >= 0.6 is 0 Å². The number of hydrogen-bond donors (Lipinski definition) is 1. The summed E-state index contributed by atoms with van der Waals surface area (Å²) in [6.45, 7) is 7.40. The molecule has 4 unspecified atom stereocenters. The van der Waals surface area contributed by atoms with E-state index in [4.69, 9.17) is 14.2 Å². The molecule has 0 amide bonds. The van der Waals surface area contributed by atoms with E-state index in [9.17, 15) is 14.7 Å². The third-order valence-electron chi connectivity index (χ3n) is 3.54. The fourth-order valence-corrected chi connectivity index (χ4v) is 2.47. The van der Waals surface area contributed by atoms with Crippen molar-refractivity contribution in [1.29, 1.82) is 0 Å². The molecule has 0 aromatic heterocycles. The Morgan fingerprint density at radius 2 is 2.00 bits per heavy atom. The van der Waals surface area contributed by atoms with Gasteiger partial charge in [-0.05, 0) is 39.0 Å². The van der Waals surface area contributed by atoms with Crippen molar-refractivity contribution in [2.24, 2.45) is 11.8 Å². The van der Waals surface area contributed by atoms with Gasteiger partial charge in [0.05, 0.1) is 18.8 Å². The lowest BCUT2D eigenvalue weighted by molar-refractivity contribution is -0.230. The van der Waals surface area contributed by atoms with Crippen LogP contribution in [0.3, 0.4) is 0 Å². The topological polar surface area (TPSA) is 82.1 Å². The molecule has 4 atom stereocenters. The van der Waals surface area contributed by atoms with Gasteiger partial charge in [0.2, 0.25) is 0 Å². The molecule has 1 aliphatic heterocycles. The minimum atomic E-state index is -1.33. The lowest BCUT2D eigenvalue weighted by Gasteiger charge is -2.34. The number of aliphatic carboxylic acids is 1. The number of esters is 1. The standard InChI is InChI=1S/C15H26O6/c1-5-19-15(18)12(14(16)17)13(9(2)3)21-11-8-6-7-10(4)20-11/h9-13H,5-8H2,1-4H3,(H,16,17). The largest absolute Gasteiger partial charge is 0.481 e. The van der Waals surface area contributed by atoms with E-state index in [2.05, 4.69) is 0 Å². The molecular weight excluding hydrogens is 276 g/mol. The molecule has 1 saturated heterocycles. The van der Waals surface area contributed by atoms with Gasteiger partial charge in [-0.3, -0.25) is 9.59 Å². The van der Waals surface area contributed by atoms with Crippen molar-refractivity contribution in [3.8, 4) is 0 Å². The van der Waals surface area contributed by atoms with E-state index < -0.39 is 30.3 Å². The lowest BCUT2D eigenvalue weighted by atomic mass is 9.93. The molecule has 0 aliphatic carbocycles. The Kier molecular flexibility index (Phi) is 7.11.